The Morgan fingerprint density at radius 2 is 1.83 bits per heavy atom. The number of H-pyrrole nitrogens is 1. The Hall–Kier alpha value is -3.16. The topological polar surface area (TPSA) is 81.2 Å². The number of aliphatic hydroxyl groups is 1. The standard InChI is InChI=1S/C23H22N4O2S/c28-17-10-12-27(13-11-17)22-20(15-6-2-1-3-7-15)25-23(30-22)26-21(29)19-14-16-8-4-5-9-18(16)24-19/h1-9,14,17,24,28H,10-13H2,(H,25,26,29). The number of aromatic amines is 1. The van der Waals surface area contributed by atoms with E-state index in [0.717, 1.165) is 53.1 Å². The van der Waals surface area contributed by atoms with Crippen LogP contribution in [-0.2, 0) is 0 Å². The molecule has 152 valence electrons. The van der Waals surface area contributed by atoms with Crippen molar-refractivity contribution in [3.8, 4) is 11.3 Å². The molecule has 1 aliphatic rings. The highest BCUT2D eigenvalue weighted by Crippen LogP contribution is 2.39. The minimum absolute atomic E-state index is 0.208. The molecule has 7 heteroatoms. The first kappa shape index (κ1) is 18.8. The van der Waals surface area contributed by atoms with Gasteiger partial charge in [-0.15, -0.1) is 0 Å². The molecule has 0 unspecified atom stereocenters. The van der Waals surface area contributed by atoms with Crippen LogP contribution in [0, 0.1) is 0 Å². The van der Waals surface area contributed by atoms with Crippen LogP contribution in [0.3, 0.4) is 0 Å². The SMILES string of the molecule is O=C(Nc1nc(-c2ccccc2)c(N2CCC(O)CC2)s1)c1cc2ccccc2[nH]1. The minimum atomic E-state index is -0.240. The second kappa shape index (κ2) is 7.93. The first-order valence-corrected chi connectivity index (χ1v) is 10.9. The Morgan fingerprint density at radius 3 is 2.60 bits per heavy atom. The molecule has 6 nitrogen and oxygen atoms in total. The monoisotopic (exact) mass is 418 g/mol. The number of aromatic nitrogens is 2. The second-order valence-corrected chi connectivity index (χ2v) is 8.46. The maximum atomic E-state index is 12.8. The highest BCUT2D eigenvalue weighted by molar-refractivity contribution is 7.20. The molecule has 3 heterocycles. The molecule has 2 aromatic carbocycles. The lowest BCUT2D eigenvalue weighted by atomic mass is 10.1. The zero-order valence-corrected chi connectivity index (χ0v) is 17.2. The Morgan fingerprint density at radius 1 is 1.10 bits per heavy atom. The van der Waals surface area contributed by atoms with Gasteiger partial charge in [-0.1, -0.05) is 59.9 Å². The fraction of sp³-hybridized carbons (Fsp3) is 0.217. The summed E-state index contributed by atoms with van der Waals surface area (Å²) in [7, 11) is 0. The van der Waals surface area contributed by atoms with Gasteiger partial charge in [-0.25, -0.2) is 4.98 Å². The van der Waals surface area contributed by atoms with Crippen LogP contribution in [0.1, 0.15) is 23.3 Å². The van der Waals surface area contributed by atoms with E-state index in [0.29, 0.717) is 10.8 Å². The summed E-state index contributed by atoms with van der Waals surface area (Å²) < 4.78 is 0. The molecule has 0 aliphatic carbocycles. The summed E-state index contributed by atoms with van der Waals surface area (Å²) in [6, 6.07) is 19.7. The fourth-order valence-corrected chi connectivity index (χ4v) is 4.83. The molecule has 0 atom stereocenters. The number of benzene rings is 2. The first-order chi connectivity index (χ1) is 14.7. The molecule has 3 N–H and O–H groups in total. The third-order valence-corrected chi connectivity index (χ3v) is 6.43. The van der Waals surface area contributed by atoms with Crippen molar-refractivity contribution in [2.24, 2.45) is 0 Å². The van der Waals surface area contributed by atoms with Gasteiger partial charge in [0, 0.05) is 29.6 Å². The van der Waals surface area contributed by atoms with Gasteiger partial charge in [-0.3, -0.25) is 10.1 Å². The number of carbonyl (C=O) groups is 1. The molecule has 2 aromatic heterocycles. The predicted molar refractivity (Wildman–Crippen MR) is 121 cm³/mol. The van der Waals surface area contributed by atoms with Crippen LogP contribution in [-0.4, -0.2) is 40.2 Å². The van der Waals surface area contributed by atoms with Gasteiger partial charge in [0.15, 0.2) is 5.13 Å². The quantitative estimate of drug-likeness (QED) is 0.456. The Bertz CT molecular complexity index is 1140. The van der Waals surface area contributed by atoms with Crippen LogP contribution in [0.15, 0.2) is 60.7 Å². The highest BCUT2D eigenvalue weighted by Gasteiger charge is 2.24. The maximum absolute atomic E-state index is 12.8. The summed E-state index contributed by atoms with van der Waals surface area (Å²) in [5.74, 6) is -0.208. The molecule has 1 aliphatic heterocycles. The van der Waals surface area contributed by atoms with Gasteiger partial charge < -0.3 is 15.0 Å². The van der Waals surface area contributed by atoms with Crippen molar-refractivity contribution in [2.75, 3.05) is 23.3 Å². The van der Waals surface area contributed by atoms with Crippen molar-refractivity contribution in [3.63, 3.8) is 0 Å². The predicted octanol–water partition coefficient (Wildman–Crippen LogP) is 4.50. The van der Waals surface area contributed by atoms with E-state index in [9.17, 15) is 9.90 Å². The van der Waals surface area contributed by atoms with Crippen LogP contribution in [0.2, 0.25) is 0 Å². The van der Waals surface area contributed by atoms with Gasteiger partial charge in [-0.05, 0) is 25.0 Å². The van der Waals surface area contributed by atoms with Crippen molar-refractivity contribution in [2.45, 2.75) is 18.9 Å². The summed E-state index contributed by atoms with van der Waals surface area (Å²) in [4.78, 5) is 23.0. The summed E-state index contributed by atoms with van der Waals surface area (Å²) in [6.07, 6.45) is 1.24. The molecule has 1 saturated heterocycles. The summed E-state index contributed by atoms with van der Waals surface area (Å²) in [5.41, 5.74) is 3.32. The van der Waals surface area contributed by atoms with Crippen molar-refractivity contribution >= 4 is 38.3 Å². The highest BCUT2D eigenvalue weighted by atomic mass is 32.1. The Kier molecular flexibility index (Phi) is 4.98. The molecule has 4 aromatic rings. The number of hydrogen-bond donors (Lipinski definition) is 3. The number of nitrogens with one attached hydrogen (secondary N) is 2. The summed E-state index contributed by atoms with van der Waals surface area (Å²) >= 11 is 1.48. The first-order valence-electron chi connectivity index (χ1n) is 10.1. The smallest absolute Gasteiger partial charge is 0.273 e. The molecular weight excluding hydrogens is 396 g/mol. The lowest BCUT2D eigenvalue weighted by Crippen LogP contribution is -2.35. The third-order valence-electron chi connectivity index (χ3n) is 5.40. The van der Waals surface area contributed by atoms with Crippen LogP contribution in [0.5, 0.6) is 0 Å². The number of fused-ring (bicyclic) bond motifs is 1. The fourth-order valence-electron chi connectivity index (χ4n) is 3.79. The normalized spacial score (nSPS) is 14.9. The lowest BCUT2D eigenvalue weighted by Gasteiger charge is -2.30. The molecule has 1 fully saturated rings. The second-order valence-electron chi connectivity index (χ2n) is 7.48. The van der Waals surface area contributed by atoms with Crippen molar-refractivity contribution in [1.82, 2.24) is 9.97 Å². The molecule has 0 bridgehead atoms. The number of aliphatic hydroxyl groups excluding tert-OH is 1. The van der Waals surface area contributed by atoms with Crippen LogP contribution >= 0.6 is 11.3 Å². The van der Waals surface area contributed by atoms with Gasteiger partial charge in [-0.2, -0.15) is 0 Å². The van der Waals surface area contributed by atoms with Crippen LogP contribution in [0.25, 0.3) is 22.2 Å². The maximum Gasteiger partial charge on any atom is 0.273 e. The number of amides is 1. The Labute approximate surface area is 178 Å². The van der Waals surface area contributed by atoms with Gasteiger partial charge in [0.1, 0.15) is 16.4 Å². The van der Waals surface area contributed by atoms with Crippen molar-refractivity contribution in [1.29, 1.82) is 0 Å². The number of para-hydroxylation sites is 1. The van der Waals surface area contributed by atoms with E-state index in [4.69, 9.17) is 4.98 Å². The van der Waals surface area contributed by atoms with Crippen LogP contribution < -0.4 is 10.2 Å². The molecule has 0 spiro atoms. The number of hydrogen-bond acceptors (Lipinski definition) is 5. The molecule has 1 amide bonds. The number of anilines is 2. The van der Waals surface area contributed by atoms with E-state index in [-0.39, 0.29) is 12.0 Å². The Balaban J connectivity index is 1.45. The average Bonchev–Trinajstić information content (AvgIpc) is 3.39. The largest absolute Gasteiger partial charge is 0.393 e. The number of piperidine rings is 1. The lowest BCUT2D eigenvalue weighted by molar-refractivity contribution is 0.102. The van der Waals surface area contributed by atoms with Gasteiger partial charge >= 0.3 is 0 Å². The van der Waals surface area contributed by atoms with E-state index in [1.807, 2.05) is 60.7 Å². The van der Waals surface area contributed by atoms with E-state index < -0.39 is 0 Å². The third kappa shape index (κ3) is 3.69. The molecule has 5 rings (SSSR count). The van der Waals surface area contributed by atoms with E-state index in [1.165, 1.54) is 11.3 Å². The van der Waals surface area contributed by atoms with E-state index >= 15 is 0 Å². The molecule has 0 radical (unpaired) electrons. The number of nitrogens with zero attached hydrogens (tertiary/aromatic N) is 2. The van der Waals surface area contributed by atoms with E-state index in [1.54, 1.807) is 0 Å². The summed E-state index contributed by atoms with van der Waals surface area (Å²) in [6.45, 7) is 1.55. The van der Waals surface area contributed by atoms with Gasteiger partial charge in [0.2, 0.25) is 0 Å². The molecule has 30 heavy (non-hydrogen) atoms. The van der Waals surface area contributed by atoms with Gasteiger partial charge in [0.25, 0.3) is 5.91 Å². The molecule has 0 saturated carbocycles. The van der Waals surface area contributed by atoms with E-state index in [2.05, 4.69) is 15.2 Å². The van der Waals surface area contributed by atoms with Gasteiger partial charge in [0.05, 0.1) is 6.10 Å². The summed E-state index contributed by atoms with van der Waals surface area (Å²) in [5, 5.41) is 15.4. The van der Waals surface area contributed by atoms with Crippen molar-refractivity contribution < 1.29 is 9.90 Å². The zero-order chi connectivity index (χ0) is 20.5. The number of carbonyl (C=O) groups excluding carboxylic acids is 1. The number of thiazole rings is 1. The van der Waals surface area contributed by atoms with Crippen molar-refractivity contribution in [3.05, 3.63) is 66.4 Å². The number of rotatable bonds is 4. The molecular formula is C23H22N4O2S. The average molecular weight is 419 g/mol. The van der Waals surface area contributed by atoms with Crippen LogP contribution in [0.4, 0.5) is 10.1 Å². The zero-order valence-electron chi connectivity index (χ0n) is 16.3. The minimum Gasteiger partial charge on any atom is -0.393 e.